The van der Waals surface area contributed by atoms with E-state index in [4.69, 9.17) is 71.5 Å². The Kier molecular flexibility index (Phi) is 32.1. The maximum Gasteiger partial charge on any atom is 0.255 e. The second-order valence-electron chi connectivity index (χ2n) is 19.3. The molecule has 33 nitrogen and oxygen atoms in total. The maximum atomic E-state index is 14.6. The van der Waals surface area contributed by atoms with Crippen molar-refractivity contribution in [2.75, 3.05) is 103 Å². The predicted octanol–water partition coefficient (Wildman–Crippen LogP) is -2.44. The zero-order chi connectivity index (χ0) is 65.0. The molecule has 0 radical (unpaired) electrons. The average Bonchev–Trinajstić information content (AvgIpc) is 2.50. The van der Waals surface area contributed by atoms with Crippen molar-refractivity contribution < 1.29 is 43.0 Å². The predicted molar refractivity (Wildman–Crippen MR) is 342 cm³/mol. The molecule has 0 aliphatic heterocycles. The highest BCUT2D eigenvalue weighted by Crippen LogP contribution is 2.29. The van der Waals surface area contributed by atoms with Gasteiger partial charge in [-0.05, 0) is 113 Å². The molecule has 0 fully saturated rings. The Morgan fingerprint density at radius 3 is 1.27 bits per heavy atom. The molecule has 0 saturated carbocycles. The minimum atomic E-state index is -1.23. The van der Waals surface area contributed by atoms with Crippen molar-refractivity contribution >= 4 is 88.1 Å². The van der Waals surface area contributed by atoms with Crippen LogP contribution in [0.2, 0.25) is 0 Å². The third-order valence-corrected chi connectivity index (χ3v) is 12.8. The second-order valence-corrected chi connectivity index (χ2v) is 19.3. The lowest BCUT2D eigenvalue weighted by molar-refractivity contribution is -0.120. The van der Waals surface area contributed by atoms with Gasteiger partial charge < -0.3 is 114 Å². The van der Waals surface area contributed by atoms with Crippen LogP contribution in [-0.4, -0.2) is 170 Å². The number of anilines is 3. The number of hydrogen-bond acceptors (Lipinski definition) is 16. The van der Waals surface area contributed by atoms with Crippen molar-refractivity contribution in [1.29, 1.82) is 0 Å². The number of ketones is 1. The molecule has 3 aromatic carbocycles. The summed E-state index contributed by atoms with van der Waals surface area (Å²) in [5, 5.41) is 23.2. The summed E-state index contributed by atoms with van der Waals surface area (Å²) in [4.78, 5) is 107. The monoisotopic (exact) mass is 1230 g/mol. The number of guanidine groups is 6. The second kappa shape index (κ2) is 39.3. The highest BCUT2D eigenvalue weighted by molar-refractivity contribution is 6.05. The summed E-state index contributed by atoms with van der Waals surface area (Å²) in [6.07, 6.45) is 2.60. The highest BCUT2D eigenvalue weighted by atomic mass is 16.5. The van der Waals surface area contributed by atoms with E-state index in [0.29, 0.717) is 50.9 Å². The van der Waals surface area contributed by atoms with E-state index in [1.807, 2.05) is 0 Å². The molecule has 0 bridgehead atoms. The standard InChI is InChI=1S/C55H88N24O9/c1-66-39(11-7-21-74-54(64)68-3)48(84)77-33-14-17-42(86-26-23-70-50(57)58)36(29-33)41(80)13-5-9-32(10-6-20-73-53(63)67-2)46(82)76-35-16-19-44(88-28-25-72-52(61)62)38(31-35)47(83)79-40(12-8-22-75-55(65)69-4)49(85)78-34-15-18-43(37(30-34)45(56)81)87-27-24-71-51(59)60/h14-19,29-32,39-40,66H,5-13,20-28H2,1-4H3,(H2,56,81)(H,76,82)(H,77,84)(H,78,85)(H,79,83)(H4,57,58,70)(H4,59,60,71)(H4,61,62,72)(H3,63,67,73)(H3,64,68,74)(H3,65,69,75). The number of likely N-dealkylation sites (N-methyl/N-ethyl adjacent to an activating group) is 1. The van der Waals surface area contributed by atoms with E-state index >= 15 is 0 Å². The van der Waals surface area contributed by atoms with Gasteiger partial charge in [-0.1, -0.05) is 0 Å². The van der Waals surface area contributed by atoms with E-state index in [0.717, 1.165) is 0 Å². The molecule has 5 amide bonds. The van der Waals surface area contributed by atoms with Crippen LogP contribution in [0.1, 0.15) is 88.9 Å². The molecule has 0 saturated heterocycles. The molecule has 0 spiro atoms. The van der Waals surface area contributed by atoms with E-state index in [1.54, 1.807) is 26.2 Å². The van der Waals surface area contributed by atoms with Crippen LogP contribution in [0, 0.1) is 5.92 Å². The van der Waals surface area contributed by atoms with Gasteiger partial charge in [-0.15, -0.1) is 0 Å². The van der Waals surface area contributed by atoms with Gasteiger partial charge in [0.2, 0.25) is 17.7 Å². The number of benzene rings is 3. The molecule has 3 aromatic rings. The number of rotatable bonds is 39. The van der Waals surface area contributed by atoms with Gasteiger partial charge in [0.05, 0.1) is 42.4 Å². The number of hydrogen-bond donors (Lipinski definition) is 18. The van der Waals surface area contributed by atoms with E-state index in [9.17, 15) is 28.8 Å². The molecule has 0 aliphatic rings. The van der Waals surface area contributed by atoms with Gasteiger partial charge in [0, 0.05) is 70.2 Å². The first-order chi connectivity index (χ1) is 42.1. The fourth-order valence-electron chi connectivity index (χ4n) is 8.29. The molecule has 3 unspecified atom stereocenters. The number of nitrogens with one attached hydrogen (secondary N) is 8. The van der Waals surface area contributed by atoms with Gasteiger partial charge >= 0.3 is 0 Å². The van der Waals surface area contributed by atoms with Crippen molar-refractivity contribution in [1.82, 2.24) is 26.6 Å². The molecule has 482 valence electrons. The summed E-state index contributed by atoms with van der Waals surface area (Å²) in [5.41, 5.74) is 56.7. The Morgan fingerprint density at radius 1 is 0.466 bits per heavy atom. The minimum absolute atomic E-state index is 0.00588. The minimum Gasteiger partial charge on any atom is -0.491 e. The zero-order valence-electron chi connectivity index (χ0n) is 50.3. The van der Waals surface area contributed by atoms with Gasteiger partial charge in [0.25, 0.3) is 11.8 Å². The number of carbonyl (C=O) groups excluding carboxylic acids is 6. The van der Waals surface area contributed by atoms with Crippen molar-refractivity contribution in [3.63, 3.8) is 0 Å². The Balaban J connectivity index is 1.97. The lowest BCUT2D eigenvalue weighted by Gasteiger charge is -2.21. The number of amides is 5. The van der Waals surface area contributed by atoms with Gasteiger partial charge in [0.1, 0.15) is 43.1 Å². The maximum absolute atomic E-state index is 14.6. The van der Waals surface area contributed by atoms with E-state index in [2.05, 4.69) is 72.5 Å². The number of carbonyl (C=O) groups is 6. The molecule has 33 heteroatoms. The number of aliphatic imine (C=N–C) groups is 6. The summed E-state index contributed by atoms with van der Waals surface area (Å²) in [6.45, 7) is 1.30. The molecule has 0 aliphatic carbocycles. The first-order valence-corrected chi connectivity index (χ1v) is 28.2. The molecule has 28 N–H and O–H groups in total. The lowest BCUT2D eigenvalue weighted by atomic mass is 9.93. The van der Waals surface area contributed by atoms with Gasteiger partial charge in [-0.25, -0.2) is 0 Å². The average molecular weight is 1230 g/mol. The number of Topliss-reactive ketones (excluding diaryl/α,β-unsaturated/α-hetero) is 1. The summed E-state index contributed by atoms with van der Waals surface area (Å²) in [6, 6.07) is 11.5. The highest BCUT2D eigenvalue weighted by Gasteiger charge is 2.27. The molecule has 88 heavy (non-hydrogen) atoms. The molecule has 3 rings (SSSR count). The Hall–Kier alpha value is -10.3. The first-order valence-electron chi connectivity index (χ1n) is 28.2. The number of nitrogens with zero attached hydrogens (tertiary/aromatic N) is 6. The zero-order valence-corrected chi connectivity index (χ0v) is 50.3. The summed E-state index contributed by atoms with van der Waals surface area (Å²) >= 11 is 0. The van der Waals surface area contributed by atoms with Crippen molar-refractivity contribution in [3.05, 3.63) is 71.3 Å². The summed E-state index contributed by atoms with van der Waals surface area (Å²) < 4.78 is 17.6. The first kappa shape index (κ1) is 71.9. The Morgan fingerprint density at radius 2 is 0.841 bits per heavy atom. The van der Waals surface area contributed by atoms with Crippen LogP contribution in [0.25, 0.3) is 0 Å². The van der Waals surface area contributed by atoms with Crippen LogP contribution < -0.4 is 114 Å². The van der Waals surface area contributed by atoms with Crippen molar-refractivity contribution in [3.8, 4) is 17.2 Å². The van der Waals surface area contributed by atoms with Crippen LogP contribution in [0.4, 0.5) is 17.1 Å². The van der Waals surface area contributed by atoms with Crippen LogP contribution in [0.15, 0.2) is 84.6 Å². The quantitative estimate of drug-likeness (QED) is 0.0122. The smallest absolute Gasteiger partial charge is 0.255 e. The molecule has 0 heterocycles. The van der Waals surface area contributed by atoms with Crippen LogP contribution in [0.3, 0.4) is 0 Å². The van der Waals surface area contributed by atoms with Crippen LogP contribution >= 0.6 is 0 Å². The molecular formula is C55H88N24O9. The fraction of sp³-hybridized carbons (Fsp3) is 0.455. The fourth-order valence-corrected chi connectivity index (χ4v) is 8.29. The van der Waals surface area contributed by atoms with Gasteiger partial charge in [0.15, 0.2) is 41.5 Å². The molecular weight excluding hydrogens is 1140 g/mol. The SMILES string of the molecule is CN=C(N)NCCCC(CCCC(=O)c1cc(NC(=O)C(CCCNC(N)=NC)NC)ccc1OCCN=C(N)N)C(=O)Nc1ccc(OCCN=C(N)N)c(C(=O)NC(CCCNC(N)=NC)C(=O)Nc2ccc(OCCN=C(N)N)c(C(N)=O)c2)c1. The topological polar surface area (TPSA) is 561 Å². The Labute approximate surface area is 511 Å². The van der Waals surface area contributed by atoms with Gasteiger partial charge in [-0.3, -0.25) is 58.7 Å². The van der Waals surface area contributed by atoms with E-state index < -0.39 is 41.6 Å². The van der Waals surface area contributed by atoms with Crippen molar-refractivity contribution in [2.24, 2.45) is 93.2 Å². The number of ether oxygens (including phenoxy) is 3. The van der Waals surface area contributed by atoms with E-state index in [-0.39, 0.29) is 164 Å². The van der Waals surface area contributed by atoms with Crippen LogP contribution in [0.5, 0.6) is 17.2 Å². The largest absolute Gasteiger partial charge is 0.491 e. The lowest BCUT2D eigenvalue weighted by Crippen LogP contribution is -2.44. The molecule has 0 aromatic heterocycles. The Bertz CT molecular complexity index is 2980. The number of primary amides is 1. The normalized spacial score (nSPS) is 12.4. The number of nitrogens with two attached hydrogens (primary N) is 10. The van der Waals surface area contributed by atoms with Crippen molar-refractivity contribution in [2.45, 2.75) is 69.9 Å². The third kappa shape index (κ3) is 27.1. The molecule has 3 atom stereocenters. The van der Waals surface area contributed by atoms with E-state index in [1.165, 1.54) is 56.6 Å². The third-order valence-electron chi connectivity index (χ3n) is 12.8. The van der Waals surface area contributed by atoms with Crippen LogP contribution in [-0.2, 0) is 14.4 Å². The summed E-state index contributed by atoms with van der Waals surface area (Å²) in [7, 11) is 6.26. The summed E-state index contributed by atoms with van der Waals surface area (Å²) in [5.74, 6) is -3.57. The van der Waals surface area contributed by atoms with Gasteiger partial charge in [-0.2, -0.15) is 0 Å².